The predicted molar refractivity (Wildman–Crippen MR) is 78.1 cm³/mol. The Hall–Kier alpha value is 0. The minimum atomic E-state index is 0.878. The van der Waals surface area contributed by atoms with Gasteiger partial charge in [0.15, 0.2) is 0 Å². The van der Waals surface area contributed by atoms with Crippen molar-refractivity contribution in [3.63, 3.8) is 0 Å². The van der Waals surface area contributed by atoms with Crippen molar-refractivity contribution in [1.82, 2.24) is 0 Å². The summed E-state index contributed by atoms with van der Waals surface area (Å²) in [6.07, 6.45) is 7.09. The number of rotatable bonds is 8. The van der Waals surface area contributed by atoms with Crippen LogP contribution in [0.3, 0.4) is 0 Å². The van der Waals surface area contributed by atoms with Gasteiger partial charge in [0.2, 0.25) is 0 Å². The van der Waals surface area contributed by atoms with Crippen molar-refractivity contribution in [3.8, 4) is 0 Å². The molecule has 0 saturated heterocycles. The van der Waals surface area contributed by atoms with Crippen LogP contribution in [0.1, 0.15) is 73.6 Å². The van der Waals surface area contributed by atoms with Crippen LogP contribution in [0.4, 0.5) is 0 Å². The summed E-state index contributed by atoms with van der Waals surface area (Å²) in [5.41, 5.74) is 0. The van der Waals surface area contributed by atoms with Crippen molar-refractivity contribution in [3.05, 3.63) is 0 Å². The summed E-state index contributed by atoms with van der Waals surface area (Å²) < 4.78 is 0. The zero-order chi connectivity index (χ0) is 13.0. The second-order valence-electron chi connectivity index (χ2n) is 6.90. The maximum absolute atomic E-state index is 2.48. The van der Waals surface area contributed by atoms with Crippen molar-refractivity contribution in [2.75, 3.05) is 0 Å². The molecule has 1 rings (SSSR count). The first-order valence-corrected chi connectivity index (χ1v) is 8.02. The third-order valence-electron chi connectivity index (χ3n) is 5.18. The van der Waals surface area contributed by atoms with Gasteiger partial charge in [0.05, 0.1) is 0 Å². The molecule has 0 aromatic carbocycles. The van der Waals surface area contributed by atoms with Crippen LogP contribution in [0.5, 0.6) is 0 Å². The molecule has 5 atom stereocenters. The van der Waals surface area contributed by atoms with Gasteiger partial charge in [-0.15, -0.1) is 0 Å². The van der Waals surface area contributed by atoms with Gasteiger partial charge in [0.25, 0.3) is 0 Å². The molecule has 0 N–H and O–H groups in total. The van der Waals surface area contributed by atoms with Crippen LogP contribution in [-0.4, -0.2) is 0 Å². The zero-order valence-corrected chi connectivity index (χ0v) is 13.0. The summed E-state index contributed by atoms with van der Waals surface area (Å²) in [5, 5.41) is 0. The lowest BCUT2D eigenvalue weighted by atomic mass is 9.80. The fraction of sp³-hybridized carbons (Fsp3) is 1.00. The summed E-state index contributed by atoms with van der Waals surface area (Å²) in [6, 6.07) is 0. The maximum Gasteiger partial charge on any atom is -0.0324 e. The van der Waals surface area contributed by atoms with Gasteiger partial charge in [-0.3, -0.25) is 0 Å². The molecule has 0 nitrogen and oxygen atoms in total. The first-order chi connectivity index (χ1) is 8.02. The quantitative estimate of drug-likeness (QED) is 0.504. The summed E-state index contributed by atoms with van der Waals surface area (Å²) in [7, 11) is 0. The molecule has 0 radical (unpaired) electrons. The van der Waals surface area contributed by atoms with Gasteiger partial charge in [-0.05, 0) is 41.9 Å². The summed E-state index contributed by atoms with van der Waals surface area (Å²) >= 11 is 0. The van der Waals surface area contributed by atoms with Gasteiger partial charge in [-0.1, -0.05) is 67.2 Å². The van der Waals surface area contributed by atoms with Crippen molar-refractivity contribution >= 4 is 0 Å². The van der Waals surface area contributed by atoms with E-state index in [4.69, 9.17) is 0 Å². The molecule has 1 fully saturated rings. The topological polar surface area (TPSA) is 0 Å². The average molecular weight is 238 g/mol. The predicted octanol–water partition coefficient (Wildman–Crippen LogP) is 5.77. The molecule has 102 valence electrons. The largest absolute Gasteiger partial charge is 0.0654 e. The third-order valence-corrected chi connectivity index (χ3v) is 5.18. The first kappa shape index (κ1) is 15.1. The minimum absolute atomic E-state index is 0.878. The molecule has 1 aliphatic rings. The van der Waals surface area contributed by atoms with E-state index < -0.39 is 0 Å². The summed E-state index contributed by atoms with van der Waals surface area (Å²) in [4.78, 5) is 0. The van der Waals surface area contributed by atoms with Crippen LogP contribution in [-0.2, 0) is 0 Å². The SMILES string of the molecule is CCCCC(C)CC(C(C)C)C1C(C)C1CC. The Morgan fingerprint density at radius 3 is 2.12 bits per heavy atom. The average Bonchev–Trinajstić information content (AvgIpc) is 2.93. The van der Waals surface area contributed by atoms with E-state index in [0.717, 1.165) is 35.5 Å². The molecule has 17 heavy (non-hydrogen) atoms. The van der Waals surface area contributed by atoms with Gasteiger partial charge in [-0.2, -0.15) is 0 Å². The van der Waals surface area contributed by atoms with Crippen LogP contribution < -0.4 is 0 Å². The van der Waals surface area contributed by atoms with Crippen LogP contribution in [0.15, 0.2) is 0 Å². The van der Waals surface area contributed by atoms with Crippen LogP contribution >= 0.6 is 0 Å². The Kier molecular flexibility index (Phi) is 6.03. The summed E-state index contributed by atoms with van der Waals surface area (Å²) in [6.45, 7) is 14.5. The van der Waals surface area contributed by atoms with E-state index in [9.17, 15) is 0 Å². The number of hydrogen-bond acceptors (Lipinski definition) is 0. The molecule has 0 amide bonds. The van der Waals surface area contributed by atoms with Crippen molar-refractivity contribution in [2.45, 2.75) is 73.6 Å². The Balaban J connectivity index is 2.45. The number of hydrogen-bond donors (Lipinski definition) is 0. The highest BCUT2D eigenvalue weighted by molar-refractivity contribution is 4.98. The van der Waals surface area contributed by atoms with E-state index in [0.29, 0.717) is 0 Å². The van der Waals surface area contributed by atoms with Gasteiger partial charge in [0.1, 0.15) is 0 Å². The highest BCUT2D eigenvalue weighted by Gasteiger charge is 2.49. The molecule has 0 aromatic rings. The monoisotopic (exact) mass is 238 g/mol. The Morgan fingerprint density at radius 1 is 1.06 bits per heavy atom. The number of unbranched alkanes of at least 4 members (excludes halogenated alkanes) is 1. The van der Waals surface area contributed by atoms with Crippen molar-refractivity contribution in [2.24, 2.45) is 35.5 Å². The molecule has 0 spiro atoms. The molecule has 0 bridgehead atoms. The van der Waals surface area contributed by atoms with Gasteiger partial charge in [0, 0.05) is 0 Å². The highest BCUT2D eigenvalue weighted by atomic mass is 14.5. The molecule has 5 unspecified atom stereocenters. The Labute approximate surface area is 110 Å². The Bertz CT molecular complexity index is 206. The van der Waals surface area contributed by atoms with E-state index in [-0.39, 0.29) is 0 Å². The molecular formula is C17H34. The van der Waals surface area contributed by atoms with Crippen molar-refractivity contribution < 1.29 is 0 Å². The molecule has 1 aliphatic carbocycles. The lowest BCUT2D eigenvalue weighted by Crippen LogP contribution is -2.16. The lowest BCUT2D eigenvalue weighted by Gasteiger charge is -2.25. The fourth-order valence-electron chi connectivity index (χ4n) is 3.94. The maximum atomic E-state index is 2.48. The molecule has 0 heteroatoms. The third kappa shape index (κ3) is 4.00. The molecular weight excluding hydrogens is 204 g/mol. The summed E-state index contributed by atoms with van der Waals surface area (Å²) in [5.74, 6) is 5.90. The second-order valence-corrected chi connectivity index (χ2v) is 6.90. The zero-order valence-electron chi connectivity index (χ0n) is 13.0. The smallest absolute Gasteiger partial charge is 0.0324 e. The van der Waals surface area contributed by atoms with E-state index in [1.54, 1.807) is 0 Å². The minimum Gasteiger partial charge on any atom is -0.0654 e. The van der Waals surface area contributed by atoms with Crippen LogP contribution in [0, 0.1) is 35.5 Å². The second kappa shape index (κ2) is 6.81. The van der Waals surface area contributed by atoms with E-state index in [1.807, 2.05) is 0 Å². The molecule has 0 aromatic heterocycles. The van der Waals surface area contributed by atoms with E-state index in [1.165, 1.54) is 32.1 Å². The fourth-order valence-corrected chi connectivity index (χ4v) is 3.94. The van der Waals surface area contributed by atoms with E-state index >= 15 is 0 Å². The Morgan fingerprint density at radius 2 is 1.71 bits per heavy atom. The normalized spacial score (nSPS) is 31.6. The van der Waals surface area contributed by atoms with Crippen LogP contribution in [0.2, 0.25) is 0 Å². The molecule has 0 heterocycles. The van der Waals surface area contributed by atoms with Gasteiger partial charge >= 0.3 is 0 Å². The van der Waals surface area contributed by atoms with Crippen molar-refractivity contribution in [1.29, 1.82) is 0 Å². The lowest BCUT2D eigenvalue weighted by molar-refractivity contribution is 0.248. The molecule has 0 aliphatic heterocycles. The van der Waals surface area contributed by atoms with Gasteiger partial charge < -0.3 is 0 Å². The first-order valence-electron chi connectivity index (χ1n) is 8.02. The molecule has 1 saturated carbocycles. The van der Waals surface area contributed by atoms with Crippen LogP contribution in [0.25, 0.3) is 0 Å². The van der Waals surface area contributed by atoms with E-state index in [2.05, 4.69) is 41.5 Å². The van der Waals surface area contributed by atoms with Gasteiger partial charge in [-0.25, -0.2) is 0 Å². The highest BCUT2D eigenvalue weighted by Crippen LogP contribution is 2.56. The standard InChI is InChI=1S/C17H34/c1-7-9-10-13(5)11-16(12(3)4)17-14(6)15(17)8-2/h12-17H,7-11H2,1-6H3.